The second-order valence-corrected chi connectivity index (χ2v) is 4.55. The molecule has 0 saturated heterocycles. The summed E-state index contributed by atoms with van der Waals surface area (Å²) in [6.07, 6.45) is 3.14. The number of aromatic nitrogens is 4. The van der Waals surface area contributed by atoms with Gasteiger partial charge in [-0.15, -0.1) is 0 Å². The van der Waals surface area contributed by atoms with Crippen LogP contribution in [0.4, 0.5) is 5.82 Å². The number of rotatable bonds is 2. The van der Waals surface area contributed by atoms with Crippen LogP contribution in [-0.4, -0.2) is 19.7 Å². The van der Waals surface area contributed by atoms with Crippen molar-refractivity contribution in [3.8, 4) is 5.69 Å². The zero-order valence-corrected chi connectivity index (χ0v) is 10.8. The molecule has 0 amide bonds. The number of fused-ring (bicyclic) bond motifs is 1. The van der Waals surface area contributed by atoms with Gasteiger partial charge in [0.2, 0.25) is 0 Å². The number of nitrogens with zero attached hydrogens (tertiary/aromatic N) is 4. The number of benzene rings is 1. The molecule has 2 heterocycles. The van der Waals surface area contributed by atoms with E-state index in [1.807, 2.05) is 24.3 Å². The van der Waals surface area contributed by atoms with Crippen molar-refractivity contribution in [1.29, 1.82) is 0 Å². The third-order valence-electron chi connectivity index (χ3n) is 2.57. The summed E-state index contributed by atoms with van der Waals surface area (Å²) in [5.74, 6) is 5.96. The first-order valence-electron chi connectivity index (χ1n) is 5.21. The number of hydrazine groups is 1. The lowest BCUT2D eigenvalue weighted by Crippen LogP contribution is -2.09. The zero-order chi connectivity index (χ0) is 12.5. The van der Waals surface area contributed by atoms with Gasteiger partial charge in [-0.25, -0.2) is 20.5 Å². The van der Waals surface area contributed by atoms with E-state index in [0.29, 0.717) is 11.5 Å². The van der Waals surface area contributed by atoms with Gasteiger partial charge in [-0.3, -0.25) is 0 Å². The van der Waals surface area contributed by atoms with Crippen LogP contribution in [0.1, 0.15) is 0 Å². The molecule has 3 rings (SSSR count). The summed E-state index contributed by atoms with van der Waals surface area (Å²) in [5.41, 5.74) is 4.17. The molecular weight excluding hydrogens is 296 g/mol. The third kappa shape index (κ3) is 1.73. The number of anilines is 1. The van der Waals surface area contributed by atoms with Crippen LogP contribution in [0.25, 0.3) is 16.7 Å². The molecule has 0 aliphatic carbocycles. The fraction of sp³-hybridized carbons (Fsp3) is 0. The molecule has 0 spiro atoms. The van der Waals surface area contributed by atoms with Gasteiger partial charge in [0.1, 0.15) is 6.33 Å². The Bertz CT molecular complexity index is 690. The first kappa shape index (κ1) is 11.1. The topological polar surface area (TPSA) is 81.7 Å². The molecule has 3 N–H and O–H groups in total. The molecule has 0 aliphatic rings. The van der Waals surface area contributed by atoms with Crippen molar-refractivity contribution in [2.24, 2.45) is 5.84 Å². The predicted octanol–water partition coefficient (Wildman–Crippen LogP) is 1.86. The van der Waals surface area contributed by atoms with Crippen LogP contribution in [0, 0.1) is 0 Å². The van der Waals surface area contributed by atoms with E-state index in [9.17, 15) is 0 Å². The summed E-state index contributed by atoms with van der Waals surface area (Å²) < 4.78 is 2.76. The zero-order valence-electron chi connectivity index (χ0n) is 9.21. The quantitative estimate of drug-likeness (QED) is 0.558. The first-order chi connectivity index (χ1) is 8.79. The van der Waals surface area contributed by atoms with Crippen molar-refractivity contribution in [2.75, 3.05) is 5.43 Å². The molecule has 0 unspecified atom stereocenters. The van der Waals surface area contributed by atoms with Crippen LogP contribution in [0.2, 0.25) is 0 Å². The van der Waals surface area contributed by atoms with E-state index in [-0.39, 0.29) is 0 Å². The van der Waals surface area contributed by atoms with E-state index in [2.05, 4.69) is 36.4 Å². The minimum absolute atomic E-state index is 0.559. The van der Waals surface area contributed by atoms with Crippen molar-refractivity contribution >= 4 is 32.8 Å². The minimum Gasteiger partial charge on any atom is -0.308 e. The third-order valence-corrected chi connectivity index (χ3v) is 3.10. The molecule has 90 valence electrons. The Labute approximate surface area is 111 Å². The Kier molecular flexibility index (Phi) is 2.69. The van der Waals surface area contributed by atoms with E-state index in [1.165, 1.54) is 6.33 Å². The number of nitrogens with one attached hydrogen (secondary N) is 1. The number of hydrogen-bond acceptors (Lipinski definition) is 5. The summed E-state index contributed by atoms with van der Waals surface area (Å²) in [7, 11) is 0. The van der Waals surface area contributed by atoms with Crippen LogP contribution >= 0.6 is 15.9 Å². The van der Waals surface area contributed by atoms with E-state index in [4.69, 9.17) is 5.84 Å². The maximum absolute atomic E-state index is 5.40. The number of halogens is 1. The van der Waals surface area contributed by atoms with Crippen molar-refractivity contribution < 1.29 is 0 Å². The molecule has 0 fully saturated rings. The van der Waals surface area contributed by atoms with E-state index < -0.39 is 0 Å². The Morgan fingerprint density at radius 3 is 2.67 bits per heavy atom. The maximum atomic E-state index is 5.40. The fourth-order valence-electron chi connectivity index (χ4n) is 1.73. The standard InChI is InChI=1S/C11H9BrN6/c12-7-1-3-8(4-2-7)18-11-9(5-16-18)10(17-13)14-6-15-11/h1-6H,13H2,(H,14,15,17). The Morgan fingerprint density at radius 1 is 1.17 bits per heavy atom. The van der Waals surface area contributed by atoms with Gasteiger partial charge in [0.25, 0.3) is 0 Å². The van der Waals surface area contributed by atoms with Gasteiger partial charge in [-0.1, -0.05) is 15.9 Å². The Balaban J connectivity index is 2.21. The lowest BCUT2D eigenvalue weighted by Gasteiger charge is -2.03. The molecule has 0 radical (unpaired) electrons. The van der Waals surface area contributed by atoms with Gasteiger partial charge in [-0.2, -0.15) is 5.10 Å². The maximum Gasteiger partial charge on any atom is 0.168 e. The van der Waals surface area contributed by atoms with Gasteiger partial charge in [0.15, 0.2) is 11.5 Å². The van der Waals surface area contributed by atoms with E-state index in [1.54, 1.807) is 10.9 Å². The average Bonchev–Trinajstić information content (AvgIpc) is 2.83. The van der Waals surface area contributed by atoms with E-state index in [0.717, 1.165) is 15.5 Å². The Hall–Kier alpha value is -1.99. The number of nitrogens with two attached hydrogens (primary N) is 1. The van der Waals surface area contributed by atoms with Crippen LogP contribution in [0.3, 0.4) is 0 Å². The second-order valence-electron chi connectivity index (χ2n) is 3.64. The summed E-state index contributed by atoms with van der Waals surface area (Å²) in [6.45, 7) is 0. The molecule has 0 aliphatic heterocycles. The summed E-state index contributed by atoms with van der Waals surface area (Å²) in [6, 6.07) is 7.81. The smallest absolute Gasteiger partial charge is 0.168 e. The van der Waals surface area contributed by atoms with Gasteiger partial charge < -0.3 is 5.43 Å². The molecule has 6 nitrogen and oxygen atoms in total. The summed E-state index contributed by atoms with van der Waals surface area (Å²) in [5, 5.41) is 5.09. The van der Waals surface area contributed by atoms with Crippen molar-refractivity contribution in [3.63, 3.8) is 0 Å². The van der Waals surface area contributed by atoms with Crippen LogP contribution in [0.5, 0.6) is 0 Å². The number of nitrogen functional groups attached to an aromatic ring is 1. The SMILES string of the molecule is NNc1ncnc2c1cnn2-c1ccc(Br)cc1. The van der Waals surface area contributed by atoms with Crippen molar-refractivity contribution in [1.82, 2.24) is 19.7 Å². The van der Waals surface area contributed by atoms with Crippen LogP contribution in [-0.2, 0) is 0 Å². The van der Waals surface area contributed by atoms with Crippen molar-refractivity contribution in [3.05, 3.63) is 41.3 Å². The molecule has 0 saturated carbocycles. The molecular formula is C11H9BrN6. The largest absolute Gasteiger partial charge is 0.308 e. The second kappa shape index (κ2) is 4.35. The summed E-state index contributed by atoms with van der Waals surface area (Å²) >= 11 is 3.40. The minimum atomic E-state index is 0.559. The Morgan fingerprint density at radius 2 is 1.94 bits per heavy atom. The summed E-state index contributed by atoms with van der Waals surface area (Å²) in [4.78, 5) is 8.27. The first-order valence-corrected chi connectivity index (χ1v) is 6.00. The molecule has 18 heavy (non-hydrogen) atoms. The highest BCUT2D eigenvalue weighted by Crippen LogP contribution is 2.21. The van der Waals surface area contributed by atoms with Gasteiger partial charge >= 0.3 is 0 Å². The van der Waals surface area contributed by atoms with Gasteiger partial charge in [-0.05, 0) is 24.3 Å². The highest BCUT2D eigenvalue weighted by molar-refractivity contribution is 9.10. The van der Waals surface area contributed by atoms with Crippen LogP contribution in [0.15, 0.2) is 41.3 Å². The number of hydrogen-bond donors (Lipinski definition) is 2. The predicted molar refractivity (Wildman–Crippen MR) is 72.2 cm³/mol. The monoisotopic (exact) mass is 304 g/mol. The van der Waals surface area contributed by atoms with Crippen LogP contribution < -0.4 is 11.3 Å². The molecule has 0 bridgehead atoms. The molecule has 0 atom stereocenters. The normalized spacial score (nSPS) is 10.8. The molecule has 7 heteroatoms. The van der Waals surface area contributed by atoms with Gasteiger partial charge in [0.05, 0.1) is 17.3 Å². The lowest BCUT2D eigenvalue weighted by atomic mass is 10.3. The highest BCUT2D eigenvalue weighted by Gasteiger charge is 2.09. The lowest BCUT2D eigenvalue weighted by molar-refractivity contribution is 0.895. The molecule has 1 aromatic carbocycles. The fourth-order valence-corrected chi connectivity index (χ4v) is 1.99. The average molecular weight is 305 g/mol. The van der Waals surface area contributed by atoms with Gasteiger partial charge in [0, 0.05) is 4.47 Å². The van der Waals surface area contributed by atoms with Crippen molar-refractivity contribution in [2.45, 2.75) is 0 Å². The highest BCUT2D eigenvalue weighted by atomic mass is 79.9. The molecule has 2 aromatic heterocycles. The van der Waals surface area contributed by atoms with E-state index >= 15 is 0 Å². The molecule has 3 aromatic rings.